The number of aromatic nitrogens is 2. The maximum atomic E-state index is 14.0. The van der Waals surface area contributed by atoms with Gasteiger partial charge in [-0.25, -0.2) is 9.98 Å². The molecule has 0 aliphatic carbocycles. The zero-order valence-corrected chi connectivity index (χ0v) is 18.9. The van der Waals surface area contributed by atoms with Crippen molar-refractivity contribution < 1.29 is 23.4 Å². The second-order valence-electron chi connectivity index (χ2n) is 6.48. The number of aliphatic imine (C=N–C) groups is 1. The Kier molecular flexibility index (Phi) is 6.76. The summed E-state index contributed by atoms with van der Waals surface area (Å²) in [6, 6.07) is 12.1. The summed E-state index contributed by atoms with van der Waals surface area (Å²) in [5.41, 5.74) is 1.29. The molecule has 11 heteroatoms. The van der Waals surface area contributed by atoms with Crippen LogP contribution in [0.3, 0.4) is 0 Å². The van der Waals surface area contributed by atoms with E-state index in [0.29, 0.717) is 32.8 Å². The lowest BCUT2D eigenvalue weighted by Gasteiger charge is -2.11. The zero-order chi connectivity index (χ0) is 23.4. The Bertz CT molecular complexity index is 1270. The number of methoxy groups -OCH3 is 2. The predicted molar refractivity (Wildman–Crippen MR) is 124 cm³/mol. The molecule has 0 spiro atoms. The van der Waals surface area contributed by atoms with E-state index in [4.69, 9.17) is 25.8 Å². The lowest BCUT2D eigenvalue weighted by molar-refractivity contribution is -0.115. The second kappa shape index (κ2) is 9.88. The van der Waals surface area contributed by atoms with Crippen molar-refractivity contribution in [1.82, 2.24) is 15.3 Å². The summed E-state index contributed by atoms with van der Waals surface area (Å²) in [6.45, 7) is 0. The fourth-order valence-corrected chi connectivity index (χ4v) is 3.74. The summed E-state index contributed by atoms with van der Waals surface area (Å²) in [6.07, 6.45) is 2.57. The molecule has 0 saturated carbocycles. The molecule has 2 aromatic carbocycles. The number of nitrogens with one attached hydrogen (secondary N) is 1. The van der Waals surface area contributed by atoms with E-state index in [0.717, 1.165) is 6.20 Å². The molecule has 1 amide bonds. The number of rotatable bonds is 6. The number of hydrogen-bond donors (Lipinski definition) is 1. The summed E-state index contributed by atoms with van der Waals surface area (Å²) in [7, 11) is 3.03. The van der Waals surface area contributed by atoms with Crippen LogP contribution in [0.5, 0.6) is 23.1 Å². The number of carbonyl (C=O) groups is 1. The first-order valence-corrected chi connectivity index (χ1v) is 10.6. The van der Waals surface area contributed by atoms with Crippen molar-refractivity contribution in [1.29, 1.82) is 0 Å². The Morgan fingerprint density at radius 1 is 1.12 bits per heavy atom. The highest BCUT2D eigenvalue weighted by molar-refractivity contribution is 8.18. The van der Waals surface area contributed by atoms with Gasteiger partial charge >= 0.3 is 0 Å². The number of carbonyl (C=O) groups excluding carboxylic acids is 1. The van der Waals surface area contributed by atoms with E-state index in [-0.39, 0.29) is 22.8 Å². The van der Waals surface area contributed by atoms with Crippen LogP contribution in [0.2, 0.25) is 5.28 Å². The quantitative estimate of drug-likeness (QED) is 0.388. The number of amidine groups is 1. The second-order valence-corrected chi connectivity index (χ2v) is 7.85. The van der Waals surface area contributed by atoms with Crippen molar-refractivity contribution >= 4 is 46.2 Å². The average molecular weight is 487 g/mol. The van der Waals surface area contributed by atoms with Gasteiger partial charge in [-0.15, -0.1) is 0 Å². The lowest BCUT2D eigenvalue weighted by atomic mass is 10.2. The Balaban J connectivity index is 1.58. The molecule has 168 valence electrons. The van der Waals surface area contributed by atoms with E-state index < -0.39 is 5.82 Å². The third-order valence-corrected chi connectivity index (χ3v) is 5.42. The van der Waals surface area contributed by atoms with Gasteiger partial charge < -0.3 is 19.5 Å². The van der Waals surface area contributed by atoms with Crippen LogP contribution < -0.4 is 19.5 Å². The first kappa shape index (κ1) is 22.6. The highest BCUT2D eigenvalue weighted by Crippen LogP contribution is 2.35. The monoisotopic (exact) mass is 486 g/mol. The molecule has 2 heterocycles. The van der Waals surface area contributed by atoms with E-state index in [1.54, 1.807) is 55.7 Å². The summed E-state index contributed by atoms with van der Waals surface area (Å²) in [4.78, 5) is 24.6. The van der Waals surface area contributed by atoms with E-state index in [9.17, 15) is 9.18 Å². The van der Waals surface area contributed by atoms with Crippen LogP contribution in [0.15, 0.2) is 58.6 Å². The van der Waals surface area contributed by atoms with Gasteiger partial charge in [0.15, 0.2) is 16.7 Å². The molecule has 4 rings (SSSR count). The van der Waals surface area contributed by atoms with Gasteiger partial charge in [0.25, 0.3) is 11.8 Å². The molecule has 8 nitrogen and oxygen atoms in total. The molecule has 0 radical (unpaired) electrons. The van der Waals surface area contributed by atoms with Crippen molar-refractivity contribution in [3.63, 3.8) is 0 Å². The minimum Gasteiger partial charge on any atom is -0.497 e. The molecule has 1 aromatic heterocycles. The van der Waals surface area contributed by atoms with Gasteiger partial charge in [-0.05, 0) is 71.4 Å². The van der Waals surface area contributed by atoms with Crippen molar-refractivity contribution in [3.05, 3.63) is 70.2 Å². The van der Waals surface area contributed by atoms with Crippen molar-refractivity contribution in [2.45, 2.75) is 0 Å². The van der Waals surface area contributed by atoms with Crippen LogP contribution in [0.4, 0.5) is 10.1 Å². The fourth-order valence-electron chi connectivity index (χ4n) is 2.78. The first-order chi connectivity index (χ1) is 15.9. The first-order valence-electron chi connectivity index (χ1n) is 9.42. The topological polar surface area (TPSA) is 94.9 Å². The highest BCUT2D eigenvalue weighted by Gasteiger charge is 2.24. The summed E-state index contributed by atoms with van der Waals surface area (Å²) in [5.74, 6) is -0.175. The standard InChI is InChI=1S/C22H16ClFN4O4S/c1-30-14-6-4-13(5-7-14)26-22-27-19(29)18(33-22)10-12-3-8-16(31-2)17(9-12)32-20-15(24)11-25-21(23)28-20/h3-11H,1-2H3,(H,26,27,29)/b18-10-. The van der Waals surface area contributed by atoms with Gasteiger partial charge in [0.1, 0.15) is 5.75 Å². The molecule has 1 fully saturated rings. The average Bonchev–Trinajstić information content (AvgIpc) is 3.15. The van der Waals surface area contributed by atoms with Gasteiger partial charge in [0.05, 0.1) is 31.0 Å². The number of halogens is 2. The molecule has 0 bridgehead atoms. The molecular formula is C22H16ClFN4O4S. The molecule has 1 N–H and O–H groups in total. The Labute approximate surface area is 197 Å². The molecule has 0 atom stereocenters. The van der Waals surface area contributed by atoms with Crippen molar-refractivity contribution in [3.8, 4) is 23.1 Å². The molecule has 33 heavy (non-hydrogen) atoms. The third kappa shape index (κ3) is 5.41. The third-order valence-electron chi connectivity index (χ3n) is 4.33. The van der Waals surface area contributed by atoms with Gasteiger partial charge in [-0.2, -0.15) is 9.37 Å². The maximum absolute atomic E-state index is 14.0. The number of benzene rings is 2. The smallest absolute Gasteiger partial charge is 0.264 e. The minimum absolute atomic E-state index is 0.161. The number of nitrogens with zero attached hydrogens (tertiary/aromatic N) is 3. The lowest BCUT2D eigenvalue weighted by Crippen LogP contribution is -2.19. The van der Waals surface area contributed by atoms with Gasteiger partial charge in [0.2, 0.25) is 11.1 Å². The summed E-state index contributed by atoms with van der Waals surface area (Å²) in [5, 5.41) is 3.01. The molecule has 0 unspecified atom stereocenters. The van der Waals surface area contributed by atoms with Crippen molar-refractivity contribution in [2.75, 3.05) is 14.2 Å². The van der Waals surface area contributed by atoms with Crippen LogP contribution in [0.1, 0.15) is 5.56 Å². The van der Waals surface area contributed by atoms with Gasteiger partial charge in [-0.1, -0.05) is 6.07 Å². The number of thioether (sulfide) groups is 1. The molecule has 1 aliphatic heterocycles. The van der Waals surface area contributed by atoms with Crippen LogP contribution in [-0.2, 0) is 4.79 Å². The molecular weight excluding hydrogens is 471 g/mol. The Morgan fingerprint density at radius 2 is 1.91 bits per heavy atom. The van der Waals surface area contributed by atoms with Crippen LogP contribution >= 0.6 is 23.4 Å². The maximum Gasteiger partial charge on any atom is 0.264 e. The van der Waals surface area contributed by atoms with Gasteiger partial charge in [-0.3, -0.25) is 4.79 Å². The normalized spacial score (nSPS) is 15.6. The van der Waals surface area contributed by atoms with Crippen LogP contribution in [-0.4, -0.2) is 35.3 Å². The van der Waals surface area contributed by atoms with Crippen LogP contribution in [0.25, 0.3) is 6.08 Å². The van der Waals surface area contributed by atoms with E-state index in [2.05, 4.69) is 20.3 Å². The number of amides is 1. The van der Waals surface area contributed by atoms with Crippen LogP contribution in [0, 0.1) is 5.82 Å². The van der Waals surface area contributed by atoms with E-state index in [1.165, 1.54) is 18.9 Å². The van der Waals surface area contributed by atoms with E-state index in [1.807, 2.05) is 0 Å². The zero-order valence-electron chi connectivity index (χ0n) is 17.3. The Morgan fingerprint density at radius 3 is 2.64 bits per heavy atom. The highest BCUT2D eigenvalue weighted by atomic mass is 35.5. The summed E-state index contributed by atoms with van der Waals surface area (Å²) >= 11 is 6.92. The Hall–Kier alpha value is -3.63. The molecule has 1 saturated heterocycles. The SMILES string of the molecule is COc1ccc(N=C2NC(=O)/C(=C/c3ccc(OC)c(Oc4nc(Cl)ncc4F)c3)S2)cc1. The van der Waals surface area contributed by atoms with E-state index >= 15 is 0 Å². The summed E-state index contributed by atoms with van der Waals surface area (Å²) < 4.78 is 30.0. The largest absolute Gasteiger partial charge is 0.497 e. The number of hydrogen-bond acceptors (Lipinski definition) is 8. The minimum atomic E-state index is -0.782. The van der Waals surface area contributed by atoms with Crippen molar-refractivity contribution in [2.24, 2.45) is 4.99 Å². The fraction of sp³-hybridized carbons (Fsp3) is 0.0909. The molecule has 1 aliphatic rings. The molecule has 3 aromatic rings. The number of ether oxygens (including phenoxy) is 3. The predicted octanol–water partition coefficient (Wildman–Crippen LogP) is 4.97. The van der Waals surface area contributed by atoms with Gasteiger partial charge in [0, 0.05) is 0 Å².